The maximum atomic E-state index is 12.3. The van der Waals surface area contributed by atoms with E-state index in [1.807, 2.05) is 0 Å². The van der Waals surface area contributed by atoms with Crippen molar-refractivity contribution in [3.63, 3.8) is 0 Å². The van der Waals surface area contributed by atoms with Gasteiger partial charge in [-0.05, 0) is 76.3 Å². The van der Waals surface area contributed by atoms with E-state index in [4.69, 9.17) is 9.47 Å². The first kappa shape index (κ1) is 18.7. The number of pyridine rings is 1. The zero-order valence-electron chi connectivity index (χ0n) is 13.6. The SMILES string of the molecule is CC(C)(C)OC(=O)N(C(=O)OC(C)(C)C)c1ccc(I)cn1. The predicted octanol–water partition coefficient (Wildman–Crippen LogP) is 4.36. The third kappa shape index (κ3) is 6.17. The van der Waals surface area contributed by atoms with Crippen molar-refractivity contribution in [2.45, 2.75) is 52.7 Å². The Morgan fingerprint density at radius 3 is 1.77 bits per heavy atom. The molecule has 0 aliphatic rings. The molecule has 1 aromatic heterocycles. The van der Waals surface area contributed by atoms with E-state index >= 15 is 0 Å². The lowest BCUT2D eigenvalue weighted by Crippen LogP contribution is -2.44. The molecular formula is C15H21IN2O4. The van der Waals surface area contributed by atoms with Crippen LogP contribution in [0.15, 0.2) is 18.3 Å². The van der Waals surface area contributed by atoms with Gasteiger partial charge in [-0.2, -0.15) is 4.90 Å². The molecular weight excluding hydrogens is 399 g/mol. The van der Waals surface area contributed by atoms with Crippen LogP contribution in [0.4, 0.5) is 15.4 Å². The van der Waals surface area contributed by atoms with Crippen LogP contribution in [0.25, 0.3) is 0 Å². The Kier molecular flexibility index (Phi) is 5.77. The fraction of sp³-hybridized carbons (Fsp3) is 0.533. The lowest BCUT2D eigenvalue weighted by atomic mass is 10.2. The van der Waals surface area contributed by atoms with Crippen LogP contribution in [-0.2, 0) is 9.47 Å². The van der Waals surface area contributed by atoms with E-state index in [1.165, 1.54) is 0 Å². The predicted molar refractivity (Wildman–Crippen MR) is 91.9 cm³/mol. The van der Waals surface area contributed by atoms with Crippen LogP contribution >= 0.6 is 22.6 Å². The first-order valence-electron chi connectivity index (χ1n) is 6.77. The van der Waals surface area contributed by atoms with E-state index in [9.17, 15) is 9.59 Å². The lowest BCUT2D eigenvalue weighted by Gasteiger charge is -2.28. The number of rotatable bonds is 1. The first-order valence-corrected chi connectivity index (χ1v) is 7.84. The molecule has 0 radical (unpaired) electrons. The van der Waals surface area contributed by atoms with E-state index in [2.05, 4.69) is 27.6 Å². The summed E-state index contributed by atoms with van der Waals surface area (Å²) < 4.78 is 11.4. The number of halogens is 1. The average Bonchev–Trinajstić information content (AvgIpc) is 2.27. The second kappa shape index (κ2) is 6.80. The second-order valence-electron chi connectivity index (χ2n) is 6.63. The van der Waals surface area contributed by atoms with Crippen LogP contribution in [0.3, 0.4) is 0 Å². The van der Waals surface area contributed by atoms with Crippen molar-refractivity contribution >= 4 is 40.6 Å². The topological polar surface area (TPSA) is 68.7 Å². The molecule has 0 atom stereocenters. The number of amides is 2. The molecule has 2 amide bonds. The van der Waals surface area contributed by atoms with Gasteiger partial charge in [-0.15, -0.1) is 0 Å². The molecule has 122 valence electrons. The monoisotopic (exact) mass is 420 g/mol. The molecule has 0 N–H and O–H groups in total. The van der Waals surface area contributed by atoms with E-state index < -0.39 is 23.4 Å². The van der Waals surface area contributed by atoms with Crippen molar-refractivity contribution in [2.75, 3.05) is 4.90 Å². The highest BCUT2D eigenvalue weighted by molar-refractivity contribution is 14.1. The third-order valence-electron chi connectivity index (χ3n) is 2.09. The molecule has 6 nitrogen and oxygen atoms in total. The molecule has 1 aromatic rings. The number of imide groups is 1. The smallest absolute Gasteiger partial charge is 0.425 e. The molecule has 0 fully saturated rings. The molecule has 0 aliphatic heterocycles. The average molecular weight is 420 g/mol. The van der Waals surface area contributed by atoms with Crippen LogP contribution in [0, 0.1) is 3.57 Å². The van der Waals surface area contributed by atoms with Gasteiger partial charge in [-0.1, -0.05) is 0 Å². The Labute approximate surface area is 144 Å². The highest BCUT2D eigenvalue weighted by Crippen LogP contribution is 2.20. The molecule has 22 heavy (non-hydrogen) atoms. The normalized spacial score (nSPS) is 11.8. The number of nitrogens with zero attached hydrogens (tertiary/aromatic N) is 2. The molecule has 0 spiro atoms. The van der Waals surface area contributed by atoms with Crippen molar-refractivity contribution in [1.29, 1.82) is 0 Å². The maximum Gasteiger partial charge on any atom is 0.425 e. The van der Waals surface area contributed by atoms with E-state index in [-0.39, 0.29) is 5.82 Å². The summed E-state index contributed by atoms with van der Waals surface area (Å²) in [5.74, 6) is 0.156. The first-order chi connectivity index (χ1) is 9.89. The number of hydrogen-bond donors (Lipinski definition) is 0. The number of carbonyl (C=O) groups is 2. The Bertz CT molecular complexity index is 516. The minimum absolute atomic E-state index is 0.156. The van der Waals surface area contributed by atoms with Gasteiger partial charge >= 0.3 is 12.2 Å². The van der Waals surface area contributed by atoms with Crippen molar-refractivity contribution in [1.82, 2.24) is 4.98 Å². The van der Waals surface area contributed by atoms with Gasteiger partial charge in [0.2, 0.25) is 0 Å². The molecule has 0 saturated carbocycles. The zero-order chi connectivity index (χ0) is 17.1. The number of hydrogen-bond acceptors (Lipinski definition) is 5. The van der Waals surface area contributed by atoms with Gasteiger partial charge in [0.15, 0.2) is 0 Å². The summed E-state index contributed by atoms with van der Waals surface area (Å²) in [6, 6.07) is 3.31. The van der Waals surface area contributed by atoms with Crippen molar-refractivity contribution in [2.24, 2.45) is 0 Å². The van der Waals surface area contributed by atoms with Gasteiger partial charge in [-0.25, -0.2) is 14.6 Å². The van der Waals surface area contributed by atoms with Crippen LogP contribution in [-0.4, -0.2) is 28.4 Å². The third-order valence-corrected chi connectivity index (χ3v) is 2.73. The van der Waals surface area contributed by atoms with E-state index in [1.54, 1.807) is 59.9 Å². The molecule has 1 rings (SSSR count). The number of ether oxygens (including phenoxy) is 2. The summed E-state index contributed by atoms with van der Waals surface area (Å²) in [4.78, 5) is 29.6. The minimum atomic E-state index is -0.824. The summed E-state index contributed by atoms with van der Waals surface area (Å²) in [7, 11) is 0. The van der Waals surface area contributed by atoms with Gasteiger partial charge in [0, 0.05) is 9.77 Å². The molecule has 0 bridgehead atoms. The molecule has 0 aromatic carbocycles. The fourth-order valence-electron chi connectivity index (χ4n) is 1.38. The summed E-state index contributed by atoms with van der Waals surface area (Å²) >= 11 is 2.09. The van der Waals surface area contributed by atoms with Crippen LogP contribution < -0.4 is 4.90 Å². The maximum absolute atomic E-state index is 12.3. The molecule has 0 saturated heterocycles. The Hall–Kier alpha value is -1.38. The van der Waals surface area contributed by atoms with Gasteiger partial charge in [-0.3, -0.25) is 0 Å². The number of carbonyl (C=O) groups excluding carboxylic acids is 2. The van der Waals surface area contributed by atoms with Crippen LogP contribution in [0.1, 0.15) is 41.5 Å². The largest absolute Gasteiger partial charge is 0.443 e. The van der Waals surface area contributed by atoms with Crippen molar-refractivity contribution in [3.05, 3.63) is 21.9 Å². The zero-order valence-corrected chi connectivity index (χ0v) is 15.8. The molecule has 0 aliphatic carbocycles. The molecule has 7 heteroatoms. The van der Waals surface area contributed by atoms with E-state index in [0.29, 0.717) is 0 Å². The van der Waals surface area contributed by atoms with Gasteiger partial charge in [0.25, 0.3) is 0 Å². The van der Waals surface area contributed by atoms with Crippen LogP contribution in [0.2, 0.25) is 0 Å². The lowest BCUT2D eigenvalue weighted by molar-refractivity contribution is 0.0429. The molecule has 1 heterocycles. The van der Waals surface area contributed by atoms with Gasteiger partial charge < -0.3 is 9.47 Å². The summed E-state index contributed by atoms with van der Waals surface area (Å²) in [6.07, 6.45) is -0.0941. The highest BCUT2D eigenvalue weighted by atomic mass is 127. The fourth-order valence-corrected chi connectivity index (χ4v) is 1.70. The summed E-state index contributed by atoms with van der Waals surface area (Å²) in [6.45, 7) is 10.3. The van der Waals surface area contributed by atoms with Crippen molar-refractivity contribution < 1.29 is 19.1 Å². The Balaban J connectivity index is 3.12. The van der Waals surface area contributed by atoms with Gasteiger partial charge in [0.05, 0.1) is 0 Å². The quantitative estimate of drug-likeness (QED) is 0.632. The number of aromatic nitrogens is 1. The second-order valence-corrected chi connectivity index (χ2v) is 7.88. The minimum Gasteiger partial charge on any atom is -0.443 e. The summed E-state index contributed by atoms with van der Waals surface area (Å²) in [5, 5.41) is 0. The van der Waals surface area contributed by atoms with Gasteiger partial charge in [0.1, 0.15) is 17.0 Å². The highest BCUT2D eigenvalue weighted by Gasteiger charge is 2.33. The Morgan fingerprint density at radius 2 is 1.45 bits per heavy atom. The van der Waals surface area contributed by atoms with Crippen LogP contribution in [0.5, 0.6) is 0 Å². The molecule has 0 unspecified atom stereocenters. The summed E-state index contributed by atoms with van der Waals surface area (Å²) in [5.41, 5.74) is -1.47. The van der Waals surface area contributed by atoms with Crippen molar-refractivity contribution in [3.8, 4) is 0 Å². The Morgan fingerprint density at radius 1 is 1.00 bits per heavy atom. The standard InChI is InChI=1S/C15H21IN2O4/c1-14(2,3)21-12(19)18(13(20)22-15(4,5)6)11-8-7-10(16)9-17-11/h7-9H,1-6H3. The van der Waals surface area contributed by atoms with E-state index in [0.717, 1.165) is 8.47 Å². The number of anilines is 1.